The van der Waals surface area contributed by atoms with Gasteiger partial charge in [-0.05, 0) is 100 Å². The van der Waals surface area contributed by atoms with Crippen LogP contribution >= 0.6 is 11.3 Å². The Balaban J connectivity index is 1.16. The van der Waals surface area contributed by atoms with Gasteiger partial charge < -0.3 is 9.64 Å². The van der Waals surface area contributed by atoms with Crippen LogP contribution < -0.4 is 10.3 Å². The SMILES string of the molecule is CN1[C@@H]2CC[C@H]1C[C@@H](Oc1ccc(-n3cnc4cc(CCC5CC5)sc4c3=O)cc1CCC1CC1)C2. The highest BCUT2D eigenvalue weighted by molar-refractivity contribution is 7.18. The van der Waals surface area contributed by atoms with Crippen molar-refractivity contribution in [1.82, 2.24) is 14.5 Å². The molecular weight excluding hydrogens is 466 g/mol. The summed E-state index contributed by atoms with van der Waals surface area (Å²) in [5, 5.41) is 0. The molecule has 4 heterocycles. The highest BCUT2D eigenvalue weighted by Gasteiger charge is 2.39. The van der Waals surface area contributed by atoms with Gasteiger partial charge in [0, 0.05) is 17.0 Å². The van der Waals surface area contributed by atoms with E-state index in [-0.39, 0.29) is 5.56 Å². The minimum Gasteiger partial charge on any atom is -0.490 e. The maximum Gasteiger partial charge on any atom is 0.275 e. The third-order valence-electron chi connectivity index (χ3n) is 9.17. The lowest BCUT2D eigenvalue weighted by Gasteiger charge is -2.36. The fourth-order valence-electron chi connectivity index (χ4n) is 6.45. The van der Waals surface area contributed by atoms with E-state index < -0.39 is 0 Å². The molecule has 0 unspecified atom stereocenters. The van der Waals surface area contributed by atoms with Crippen LogP contribution in [0.1, 0.15) is 74.6 Å². The number of fused-ring (bicyclic) bond motifs is 3. The van der Waals surface area contributed by atoms with Crippen molar-refractivity contribution in [2.45, 2.75) is 95.2 Å². The van der Waals surface area contributed by atoms with Crippen molar-refractivity contribution in [2.24, 2.45) is 11.8 Å². The fourth-order valence-corrected chi connectivity index (χ4v) is 7.51. The molecule has 6 heteroatoms. The number of benzene rings is 1. The first kappa shape index (κ1) is 23.0. The number of hydrogen-bond acceptors (Lipinski definition) is 5. The molecule has 0 amide bonds. The second kappa shape index (κ2) is 9.29. The monoisotopic (exact) mass is 503 g/mol. The topological polar surface area (TPSA) is 47.4 Å². The number of aryl methyl sites for hydroxylation is 2. The highest BCUT2D eigenvalue weighted by Crippen LogP contribution is 2.39. The predicted molar refractivity (Wildman–Crippen MR) is 146 cm³/mol. The molecule has 0 spiro atoms. The van der Waals surface area contributed by atoms with Gasteiger partial charge in [-0.25, -0.2) is 4.98 Å². The molecule has 5 nitrogen and oxygen atoms in total. The van der Waals surface area contributed by atoms with Crippen LogP contribution in [0.3, 0.4) is 0 Å². The first-order valence-corrected chi connectivity index (χ1v) is 14.9. The Morgan fingerprint density at radius 3 is 2.42 bits per heavy atom. The summed E-state index contributed by atoms with van der Waals surface area (Å²) in [4.78, 5) is 22.0. The van der Waals surface area contributed by atoms with Crippen molar-refractivity contribution < 1.29 is 4.74 Å². The summed E-state index contributed by atoms with van der Waals surface area (Å²) in [6.07, 6.45) is 16.9. The molecule has 36 heavy (non-hydrogen) atoms. The maximum atomic E-state index is 13.5. The molecule has 1 aromatic carbocycles. The van der Waals surface area contributed by atoms with Crippen molar-refractivity contribution in [3.8, 4) is 11.4 Å². The normalized spacial score (nSPS) is 26.1. The molecule has 2 saturated heterocycles. The summed E-state index contributed by atoms with van der Waals surface area (Å²) in [5.74, 6) is 2.79. The van der Waals surface area contributed by atoms with Crippen LogP contribution in [0.4, 0.5) is 0 Å². The van der Waals surface area contributed by atoms with Crippen molar-refractivity contribution >= 4 is 21.6 Å². The number of rotatable bonds is 9. The largest absolute Gasteiger partial charge is 0.490 e. The van der Waals surface area contributed by atoms with Gasteiger partial charge in [0.25, 0.3) is 5.56 Å². The first-order chi connectivity index (χ1) is 17.6. The Morgan fingerprint density at radius 1 is 0.972 bits per heavy atom. The minimum absolute atomic E-state index is 0.0522. The molecule has 7 rings (SSSR count). The molecule has 2 aliphatic carbocycles. The zero-order valence-electron chi connectivity index (χ0n) is 21.3. The average molecular weight is 504 g/mol. The minimum atomic E-state index is 0.0522. The van der Waals surface area contributed by atoms with Crippen LogP contribution in [0.2, 0.25) is 0 Å². The molecule has 2 aromatic heterocycles. The molecule has 3 atom stereocenters. The summed E-state index contributed by atoms with van der Waals surface area (Å²) in [7, 11) is 2.28. The molecule has 2 saturated carbocycles. The van der Waals surface area contributed by atoms with Gasteiger partial charge in [-0.2, -0.15) is 0 Å². The lowest BCUT2D eigenvalue weighted by molar-refractivity contribution is 0.0655. The zero-order valence-corrected chi connectivity index (χ0v) is 22.1. The van der Waals surface area contributed by atoms with E-state index in [4.69, 9.17) is 4.74 Å². The van der Waals surface area contributed by atoms with E-state index in [9.17, 15) is 4.79 Å². The van der Waals surface area contributed by atoms with Crippen molar-refractivity contribution in [2.75, 3.05) is 7.05 Å². The molecule has 4 fully saturated rings. The number of aromatic nitrogens is 2. The average Bonchev–Trinajstić information content (AvgIpc) is 3.80. The van der Waals surface area contributed by atoms with Gasteiger partial charge >= 0.3 is 0 Å². The van der Waals surface area contributed by atoms with E-state index in [1.54, 1.807) is 22.2 Å². The van der Waals surface area contributed by atoms with Gasteiger partial charge in [-0.15, -0.1) is 11.3 Å². The number of piperidine rings is 1. The van der Waals surface area contributed by atoms with Gasteiger partial charge in [0.2, 0.25) is 0 Å². The van der Waals surface area contributed by atoms with Gasteiger partial charge in [-0.1, -0.05) is 25.7 Å². The Kier molecular flexibility index (Phi) is 5.93. The van der Waals surface area contributed by atoms with E-state index in [0.717, 1.165) is 59.2 Å². The summed E-state index contributed by atoms with van der Waals surface area (Å²) in [6.45, 7) is 0. The van der Waals surface area contributed by atoms with Crippen LogP contribution in [-0.4, -0.2) is 39.7 Å². The van der Waals surface area contributed by atoms with Gasteiger partial charge in [0.15, 0.2) is 0 Å². The second-order valence-corrected chi connectivity index (χ2v) is 13.0. The first-order valence-electron chi connectivity index (χ1n) is 14.1. The quantitative estimate of drug-likeness (QED) is 0.352. The lowest BCUT2D eigenvalue weighted by atomic mass is 10.00. The van der Waals surface area contributed by atoms with E-state index in [2.05, 4.69) is 41.2 Å². The Hall–Kier alpha value is -2.18. The standard InChI is InChI=1S/C30H37N3O2S/c1-32-22-9-10-23(32)16-25(15-22)35-28-13-11-24(14-21(28)8-6-19-2-3-19)33-18-31-27-17-26(12-7-20-4-5-20)36-29(27)30(33)34/h11,13-14,17-20,22-23,25H,2-10,12,15-16H2,1H3/t22-,23+,25+. The predicted octanol–water partition coefficient (Wildman–Crippen LogP) is 6.14. The number of nitrogens with zero attached hydrogens (tertiary/aromatic N) is 3. The van der Waals surface area contributed by atoms with Crippen molar-refractivity contribution in [3.05, 3.63) is 51.4 Å². The molecule has 2 aliphatic heterocycles. The third kappa shape index (κ3) is 4.63. The number of thiophene rings is 1. The molecule has 0 radical (unpaired) electrons. The highest BCUT2D eigenvalue weighted by atomic mass is 32.1. The molecule has 3 aromatic rings. The van der Waals surface area contributed by atoms with Crippen LogP contribution in [0.5, 0.6) is 5.75 Å². The van der Waals surface area contributed by atoms with E-state index in [0.29, 0.717) is 18.2 Å². The zero-order chi connectivity index (χ0) is 24.2. The fraction of sp³-hybridized carbons (Fsp3) is 0.600. The number of ether oxygens (including phenoxy) is 1. The van der Waals surface area contributed by atoms with Gasteiger partial charge in [0.1, 0.15) is 22.9 Å². The van der Waals surface area contributed by atoms with Gasteiger partial charge in [-0.3, -0.25) is 9.36 Å². The smallest absolute Gasteiger partial charge is 0.275 e. The molecule has 0 N–H and O–H groups in total. The van der Waals surface area contributed by atoms with Crippen LogP contribution in [0, 0.1) is 11.8 Å². The summed E-state index contributed by atoms with van der Waals surface area (Å²) >= 11 is 1.64. The van der Waals surface area contributed by atoms with E-state index in [1.165, 1.54) is 61.8 Å². The summed E-state index contributed by atoms with van der Waals surface area (Å²) < 4.78 is 9.21. The van der Waals surface area contributed by atoms with Crippen LogP contribution in [-0.2, 0) is 12.8 Å². The van der Waals surface area contributed by atoms with Crippen molar-refractivity contribution in [1.29, 1.82) is 0 Å². The van der Waals surface area contributed by atoms with Gasteiger partial charge in [0.05, 0.1) is 11.2 Å². The van der Waals surface area contributed by atoms with Crippen LogP contribution in [0.15, 0.2) is 35.4 Å². The Labute approximate surface area is 217 Å². The number of hydrogen-bond donors (Lipinski definition) is 0. The van der Waals surface area contributed by atoms with Crippen molar-refractivity contribution in [3.63, 3.8) is 0 Å². The van der Waals surface area contributed by atoms with Crippen LogP contribution in [0.25, 0.3) is 15.9 Å². The second-order valence-electron chi connectivity index (χ2n) is 11.9. The maximum absolute atomic E-state index is 13.5. The van der Waals surface area contributed by atoms with E-state index >= 15 is 0 Å². The Bertz CT molecular complexity index is 1310. The molecule has 2 bridgehead atoms. The summed E-state index contributed by atoms with van der Waals surface area (Å²) in [6, 6.07) is 9.82. The van der Waals surface area contributed by atoms with E-state index in [1.807, 2.05) is 0 Å². The lowest BCUT2D eigenvalue weighted by Crippen LogP contribution is -2.43. The molecule has 190 valence electrons. The third-order valence-corrected chi connectivity index (χ3v) is 10.3. The molecular formula is C30H37N3O2S. The molecule has 4 aliphatic rings. The summed E-state index contributed by atoms with van der Waals surface area (Å²) in [5.41, 5.74) is 3.05. The Morgan fingerprint density at radius 2 is 1.69 bits per heavy atom.